The molecule has 0 bridgehead atoms. The van der Waals surface area contributed by atoms with Crippen LogP contribution in [0.1, 0.15) is 16.1 Å². The van der Waals surface area contributed by atoms with Crippen molar-refractivity contribution in [3.8, 4) is 22.9 Å². The van der Waals surface area contributed by atoms with Crippen LogP contribution in [0.3, 0.4) is 0 Å². The molecule has 0 fully saturated rings. The zero-order chi connectivity index (χ0) is 29.1. The normalized spacial score (nSPS) is 11.8. The fourth-order valence-electron chi connectivity index (χ4n) is 4.49. The molecular formula is C30H26ClFN4O5. The number of ether oxygens (including phenoxy) is 2. The molecule has 2 N–H and O–H groups in total. The molecule has 1 atom stereocenters. The van der Waals surface area contributed by atoms with Crippen LogP contribution in [0.5, 0.6) is 17.2 Å². The molecule has 0 saturated heterocycles. The minimum Gasteiger partial charge on any atom is -0.497 e. The Labute approximate surface area is 239 Å². The minimum absolute atomic E-state index is 0.0100. The monoisotopic (exact) mass is 576 g/mol. The van der Waals surface area contributed by atoms with Crippen LogP contribution >= 0.6 is 11.6 Å². The molecule has 0 aliphatic carbocycles. The van der Waals surface area contributed by atoms with Gasteiger partial charge >= 0.3 is 0 Å². The first kappa shape index (κ1) is 27.9. The molecule has 41 heavy (non-hydrogen) atoms. The van der Waals surface area contributed by atoms with E-state index in [9.17, 15) is 14.7 Å². The quantitative estimate of drug-likeness (QED) is 0.231. The molecule has 210 valence electrons. The molecular weight excluding hydrogens is 551 g/mol. The van der Waals surface area contributed by atoms with Crippen molar-refractivity contribution in [3.05, 3.63) is 106 Å². The number of methoxy groups -OCH3 is 1. The third-order valence-corrected chi connectivity index (χ3v) is 6.86. The molecule has 0 spiro atoms. The predicted octanol–water partition coefficient (Wildman–Crippen LogP) is 5.29. The number of benzene rings is 3. The van der Waals surface area contributed by atoms with E-state index in [-0.39, 0.29) is 29.4 Å². The second-order valence-electron chi connectivity index (χ2n) is 9.20. The Kier molecular flexibility index (Phi) is 8.04. The van der Waals surface area contributed by atoms with Gasteiger partial charge in [-0.1, -0.05) is 18.2 Å². The molecule has 1 amide bonds. The average Bonchev–Trinajstić information content (AvgIpc) is 3.22. The number of rotatable bonds is 9. The maximum atomic E-state index is 15.1. The van der Waals surface area contributed by atoms with Gasteiger partial charge in [0.15, 0.2) is 11.6 Å². The maximum absolute atomic E-state index is 15.1. The van der Waals surface area contributed by atoms with Gasteiger partial charge in [-0.15, -0.1) is 11.6 Å². The largest absolute Gasteiger partial charge is 0.497 e. The summed E-state index contributed by atoms with van der Waals surface area (Å²) in [5, 5.41) is 13.5. The van der Waals surface area contributed by atoms with Crippen LogP contribution in [0.4, 0.5) is 10.1 Å². The molecule has 5 rings (SSSR count). The second kappa shape index (κ2) is 11.8. The Morgan fingerprint density at radius 1 is 1.10 bits per heavy atom. The second-order valence-corrected chi connectivity index (χ2v) is 9.51. The lowest BCUT2D eigenvalue weighted by atomic mass is 10.2. The summed E-state index contributed by atoms with van der Waals surface area (Å²) in [7, 11) is 1.55. The van der Waals surface area contributed by atoms with Crippen molar-refractivity contribution >= 4 is 34.1 Å². The highest BCUT2D eigenvalue weighted by atomic mass is 35.5. The number of carbonyl (C=O) groups excluding carboxylic acids is 1. The maximum Gasteiger partial charge on any atom is 0.284 e. The van der Waals surface area contributed by atoms with Crippen LogP contribution in [0.25, 0.3) is 16.6 Å². The minimum atomic E-state index is -0.950. The van der Waals surface area contributed by atoms with Gasteiger partial charge in [0.1, 0.15) is 17.1 Å². The Hall–Kier alpha value is -4.67. The topological polar surface area (TPSA) is 108 Å². The third-order valence-electron chi connectivity index (χ3n) is 6.51. The highest BCUT2D eigenvalue weighted by molar-refractivity contribution is 6.18. The van der Waals surface area contributed by atoms with E-state index >= 15 is 4.39 Å². The number of para-hydroxylation sites is 1. The fraction of sp³-hybridized carbons (Fsp3) is 0.167. The van der Waals surface area contributed by atoms with Crippen LogP contribution in [0.2, 0.25) is 0 Å². The molecule has 9 nitrogen and oxygen atoms in total. The van der Waals surface area contributed by atoms with Gasteiger partial charge in [-0.05, 0) is 49.4 Å². The SMILES string of the molecule is COc1ccc2c(Oc3ccc(NC(=O)c4c(C)n(CC(O)CCl)n(-c5ccccc5)c4=O)cc3F)ccnc2c1. The molecule has 2 aromatic heterocycles. The van der Waals surface area contributed by atoms with Crippen molar-refractivity contribution in [1.82, 2.24) is 14.3 Å². The van der Waals surface area contributed by atoms with Crippen LogP contribution in [0.15, 0.2) is 83.8 Å². The van der Waals surface area contributed by atoms with Gasteiger partial charge in [-0.3, -0.25) is 19.3 Å². The van der Waals surface area contributed by atoms with Gasteiger partial charge in [0, 0.05) is 29.4 Å². The third kappa shape index (κ3) is 5.65. The number of carbonyl (C=O) groups is 1. The number of hydrogen-bond acceptors (Lipinski definition) is 6. The lowest BCUT2D eigenvalue weighted by molar-refractivity contribution is 0.102. The van der Waals surface area contributed by atoms with Crippen LogP contribution in [-0.4, -0.2) is 44.5 Å². The lowest BCUT2D eigenvalue weighted by Gasteiger charge is -2.16. The molecule has 0 radical (unpaired) electrons. The van der Waals surface area contributed by atoms with E-state index in [4.69, 9.17) is 21.1 Å². The summed E-state index contributed by atoms with van der Waals surface area (Å²) >= 11 is 5.80. The smallest absolute Gasteiger partial charge is 0.284 e. The van der Waals surface area contributed by atoms with E-state index in [1.807, 2.05) is 0 Å². The van der Waals surface area contributed by atoms with Crippen LogP contribution in [-0.2, 0) is 6.54 Å². The number of pyridine rings is 1. The van der Waals surface area contributed by atoms with E-state index in [1.54, 1.807) is 74.8 Å². The molecule has 0 saturated carbocycles. The van der Waals surface area contributed by atoms with E-state index in [2.05, 4.69) is 10.3 Å². The zero-order valence-corrected chi connectivity index (χ0v) is 22.9. The number of fused-ring (bicyclic) bond motifs is 1. The number of nitrogens with one attached hydrogen (secondary N) is 1. The summed E-state index contributed by atoms with van der Waals surface area (Å²) in [6, 6.07) is 19.6. The Bertz CT molecular complexity index is 1790. The van der Waals surface area contributed by atoms with E-state index in [0.717, 1.165) is 6.07 Å². The van der Waals surface area contributed by atoms with Gasteiger partial charge in [0.2, 0.25) is 0 Å². The van der Waals surface area contributed by atoms with Crippen molar-refractivity contribution in [2.45, 2.75) is 19.6 Å². The van der Waals surface area contributed by atoms with Gasteiger partial charge in [0.25, 0.3) is 11.5 Å². The van der Waals surface area contributed by atoms with Crippen molar-refractivity contribution < 1.29 is 23.8 Å². The van der Waals surface area contributed by atoms with Crippen LogP contribution in [0, 0.1) is 12.7 Å². The average molecular weight is 577 g/mol. The number of alkyl halides is 1. The summed E-state index contributed by atoms with van der Waals surface area (Å²) < 4.78 is 29.0. The van der Waals surface area contributed by atoms with E-state index in [1.165, 1.54) is 21.5 Å². The number of aromatic nitrogens is 3. The number of anilines is 1. The van der Waals surface area contributed by atoms with Gasteiger partial charge in [0.05, 0.1) is 42.5 Å². The highest BCUT2D eigenvalue weighted by Crippen LogP contribution is 2.33. The number of amides is 1. The number of nitrogens with zero attached hydrogens (tertiary/aromatic N) is 3. The predicted molar refractivity (Wildman–Crippen MR) is 154 cm³/mol. The molecule has 0 aliphatic rings. The molecule has 11 heteroatoms. The van der Waals surface area contributed by atoms with Crippen molar-refractivity contribution in [3.63, 3.8) is 0 Å². The molecule has 2 heterocycles. The Morgan fingerprint density at radius 2 is 1.88 bits per heavy atom. The van der Waals surface area contributed by atoms with E-state index in [0.29, 0.717) is 33.8 Å². The van der Waals surface area contributed by atoms with Gasteiger partial charge in [-0.25, -0.2) is 9.07 Å². The summed E-state index contributed by atoms with van der Waals surface area (Å²) in [5.74, 6) is -0.536. The molecule has 3 aromatic carbocycles. The molecule has 0 aliphatic heterocycles. The molecule has 5 aromatic rings. The number of aliphatic hydroxyl groups is 1. The summed E-state index contributed by atoms with van der Waals surface area (Å²) in [5.41, 5.74) is 0.846. The summed E-state index contributed by atoms with van der Waals surface area (Å²) in [6.07, 6.45) is 0.598. The van der Waals surface area contributed by atoms with Crippen LogP contribution < -0.4 is 20.3 Å². The van der Waals surface area contributed by atoms with Gasteiger partial charge in [-0.2, -0.15) is 0 Å². The standard InChI is InChI=1S/C30H26ClFN4O5/c1-18-28(30(39)36(20-6-4-3-5-7-20)35(18)17-21(37)16-31)29(38)34-19-8-11-27(24(32)14-19)41-26-12-13-33-25-15-22(40-2)9-10-23(25)26/h3-15,21,37H,16-17H2,1-2H3,(H,34,38). The van der Waals surface area contributed by atoms with E-state index < -0.39 is 23.4 Å². The number of hydrogen-bond donors (Lipinski definition) is 2. The summed E-state index contributed by atoms with van der Waals surface area (Å²) in [6.45, 7) is 1.59. The fourth-order valence-corrected chi connectivity index (χ4v) is 4.59. The lowest BCUT2D eigenvalue weighted by Crippen LogP contribution is -2.28. The summed E-state index contributed by atoms with van der Waals surface area (Å²) in [4.78, 5) is 31.0. The van der Waals surface area contributed by atoms with Crippen molar-refractivity contribution in [2.24, 2.45) is 0 Å². The van der Waals surface area contributed by atoms with Crippen molar-refractivity contribution in [2.75, 3.05) is 18.3 Å². The Balaban J connectivity index is 1.42. The zero-order valence-electron chi connectivity index (χ0n) is 22.2. The highest BCUT2D eigenvalue weighted by Gasteiger charge is 2.25. The first-order valence-electron chi connectivity index (χ1n) is 12.6. The molecule has 1 unspecified atom stereocenters. The Morgan fingerprint density at radius 3 is 2.59 bits per heavy atom. The van der Waals surface area contributed by atoms with Crippen molar-refractivity contribution in [1.29, 1.82) is 0 Å². The van der Waals surface area contributed by atoms with Gasteiger partial charge < -0.3 is 19.9 Å². The first-order valence-corrected chi connectivity index (χ1v) is 13.2. The number of aliphatic hydroxyl groups excluding tert-OH is 1. The number of halogens is 2. The first-order chi connectivity index (χ1) is 19.8.